The van der Waals surface area contributed by atoms with Crippen LogP contribution in [-0.2, 0) is 26.0 Å². The van der Waals surface area contributed by atoms with Crippen LogP contribution in [0.3, 0.4) is 0 Å². The number of rotatable bonds is 4. The van der Waals surface area contributed by atoms with Crippen molar-refractivity contribution in [3.8, 4) is 0 Å². The molecular weight excluding hydrogens is 320 g/mol. The molecule has 0 saturated carbocycles. The molecule has 8 heteroatoms. The summed E-state index contributed by atoms with van der Waals surface area (Å²) in [4.78, 5) is 24.4. The number of carbonyl (C=O) groups excluding carboxylic acids is 1. The van der Waals surface area contributed by atoms with Gasteiger partial charge in [0, 0.05) is 25.7 Å². The maximum atomic E-state index is 12.6. The van der Waals surface area contributed by atoms with E-state index in [0.717, 1.165) is 9.87 Å². The van der Waals surface area contributed by atoms with Crippen molar-refractivity contribution in [1.82, 2.24) is 4.31 Å². The molecule has 23 heavy (non-hydrogen) atoms. The van der Waals surface area contributed by atoms with E-state index in [1.807, 2.05) is 6.92 Å². The first-order chi connectivity index (χ1) is 10.6. The lowest BCUT2D eigenvalue weighted by atomic mass is 10.1. The molecule has 2 rings (SSSR count). The van der Waals surface area contributed by atoms with Crippen LogP contribution in [0, 0.1) is 0 Å². The maximum absolute atomic E-state index is 12.6. The minimum absolute atomic E-state index is 0.0314. The van der Waals surface area contributed by atoms with Gasteiger partial charge < -0.3 is 10.0 Å². The fourth-order valence-corrected chi connectivity index (χ4v) is 4.15. The van der Waals surface area contributed by atoms with Crippen LogP contribution in [0.25, 0.3) is 0 Å². The Kier molecular flexibility index (Phi) is 4.50. The summed E-state index contributed by atoms with van der Waals surface area (Å²) < 4.78 is 25.9. The van der Waals surface area contributed by atoms with Gasteiger partial charge in [0.25, 0.3) is 0 Å². The van der Waals surface area contributed by atoms with E-state index < -0.39 is 22.0 Å². The normalized spacial score (nSPS) is 18.8. The topological polar surface area (TPSA) is 95.0 Å². The molecule has 1 aliphatic heterocycles. The van der Waals surface area contributed by atoms with Gasteiger partial charge in [-0.3, -0.25) is 9.59 Å². The van der Waals surface area contributed by atoms with E-state index in [4.69, 9.17) is 5.11 Å². The number of hydrogen-bond acceptors (Lipinski definition) is 4. The highest BCUT2D eigenvalue weighted by atomic mass is 32.2. The summed E-state index contributed by atoms with van der Waals surface area (Å²) in [5.41, 5.74) is 1.48. The lowest BCUT2D eigenvalue weighted by Crippen LogP contribution is -2.40. The predicted octanol–water partition coefficient (Wildman–Crippen LogP) is 1.08. The van der Waals surface area contributed by atoms with Crippen LogP contribution in [0.5, 0.6) is 0 Å². The molecule has 7 nitrogen and oxygen atoms in total. The summed E-state index contributed by atoms with van der Waals surface area (Å²) in [5.74, 6) is -1.31. The lowest BCUT2D eigenvalue weighted by molar-refractivity contribution is -0.140. The zero-order valence-electron chi connectivity index (χ0n) is 13.5. The number of amides is 1. The average Bonchev–Trinajstić information content (AvgIpc) is 2.80. The van der Waals surface area contributed by atoms with Gasteiger partial charge in [-0.15, -0.1) is 0 Å². The van der Waals surface area contributed by atoms with Gasteiger partial charge in [0.05, 0.1) is 4.90 Å². The Hall–Kier alpha value is -1.93. The van der Waals surface area contributed by atoms with Gasteiger partial charge in [-0.1, -0.05) is 0 Å². The molecular formula is C15H20N2O5S. The SMILES string of the molecule is CC(=O)N1c2ccc(S(=O)(=O)N(C)C(C)C(=O)O)cc2CC1C. The van der Waals surface area contributed by atoms with Gasteiger partial charge >= 0.3 is 5.97 Å². The highest BCUT2D eigenvalue weighted by Gasteiger charge is 2.33. The lowest BCUT2D eigenvalue weighted by Gasteiger charge is -2.22. The summed E-state index contributed by atoms with van der Waals surface area (Å²) in [6.07, 6.45) is 0.566. The Balaban J connectivity index is 2.43. The molecule has 2 atom stereocenters. The van der Waals surface area contributed by atoms with Gasteiger partial charge in [-0.2, -0.15) is 4.31 Å². The van der Waals surface area contributed by atoms with Crippen LogP contribution < -0.4 is 4.90 Å². The predicted molar refractivity (Wildman–Crippen MR) is 84.8 cm³/mol. The maximum Gasteiger partial charge on any atom is 0.321 e. The van der Waals surface area contributed by atoms with E-state index in [0.29, 0.717) is 12.1 Å². The minimum Gasteiger partial charge on any atom is -0.480 e. The Morgan fingerprint density at radius 2 is 2.00 bits per heavy atom. The molecule has 1 aliphatic rings. The van der Waals surface area contributed by atoms with Crippen molar-refractivity contribution in [2.75, 3.05) is 11.9 Å². The molecule has 0 spiro atoms. The Morgan fingerprint density at radius 3 is 2.52 bits per heavy atom. The molecule has 0 radical (unpaired) electrons. The quantitative estimate of drug-likeness (QED) is 0.885. The van der Waals surface area contributed by atoms with Crippen LogP contribution in [0.2, 0.25) is 0 Å². The minimum atomic E-state index is -3.91. The molecule has 126 valence electrons. The monoisotopic (exact) mass is 340 g/mol. The number of benzene rings is 1. The summed E-state index contributed by atoms with van der Waals surface area (Å²) in [6, 6.07) is 3.34. The summed E-state index contributed by atoms with van der Waals surface area (Å²) >= 11 is 0. The number of aliphatic carboxylic acids is 1. The number of hydrogen-bond donors (Lipinski definition) is 1. The molecule has 1 aromatic rings. The molecule has 1 amide bonds. The van der Waals surface area contributed by atoms with Gasteiger partial charge in [-0.05, 0) is 44.0 Å². The Bertz CT molecular complexity index is 759. The van der Waals surface area contributed by atoms with E-state index in [1.165, 1.54) is 33.0 Å². The summed E-state index contributed by atoms with van der Waals surface area (Å²) in [5, 5.41) is 9.00. The molecule has 1 N–H and O–H groups in total. The first-order valence-corrected chi connectivity index (χ1v) is 8.65. The zero-order valence-corrected chi connectivity index (χ0v) is 14.3. The summed E-state index contributed by atoms with van der Waals surface area (Å²) in [6.45, 7) is 4.68. The van der Waals surface area contributed by atoms with Crippen molar-refractivity contribution in [3.63, 3.8) is 0 Å². The third-order valence-corrected chi connectivity index (χ3v) is 6.11. The van der Waals surface area contributed by atoms with E-state index in [2.05, 4.69) is 0 Å². The third-order valence-electron chi connectivity index (χ3n) is 4.19. The van der Waals surface area contributed by atoms with Crippen LogP contribution in [0.15, 0.2) is 23.1 Å². The van der Waals surface area contributed by atoms with E-state index in [9.17, 15) is 18.0 Å². The number of sulfonamides is 1. The van der Waals surface area contributed by atoms with Crippen molar-refractivity contribution in [3.05, 3.63) is 23.8 Å². The second-order valence-electron chi connectivity index (χ2n) is 5.77. The number of carbonyl (C=O) groups is 2. The van der Waals surface area contributed by atoms with Crippen LogP contribution in [0.4, 0.5) is 5.69 Å². The van der Waals surface area contributed by atoms with Crippen molar-refractivity contribution >= 4 is 27.6 Å². The van der Waals surface area contributed by atoms with Gasteiger partial charge in [0.1, 0.15) is 6.04 Å². The largest absolute Gasteiger partial charge is 0.480 e. The third kappa shape index (κ3) is 2.96. The number of fused-ring (bicyclic) bond motifs is 1. The fourth-order valence-electron chi connectivity index (χ4n) is 2.78. The summed E-state index contributed by atoms with van der Waals surface area (Å²) in [7, 11) is -2.67. The molecule has 0 aromatic heterocycles. The first kappa shape index (κ1) is 17.4. The standard InChI is InChI=1S/C15H20N2O5S/c1-9-7-12-8-13(5-6-14(12)17(9)11(3)18)23(21,22)16(4)10(2)15(19)20/h5-6,8-10H,7H2,1-4H3,(H,19,20). The fraction of sp³-hybridized carbons (Fsp3) is 0.467. The van der Waals surface area contributed by atoms with Crippen LogP contribution >= 0.6 is 0 Å². The smallest absolute Gasteiger partial charge is 0.321 e. The molecule has 0 saturated heterocycles. The van der Waals surface area contributed by atoms with Crippen molar-refractivity contribution in [2.45, 2.75) is 44.2 Å². The number of carboxylic acids is 1. The van der Waals surface area contributed by atoms with Gasteiger partial charge in [0.2, 0.25) is 15.9 Å². The second-order valence-corrected chi connectivity index (χ2v) is 7.77. The molecule has 0 bridgehead atoms. The van der Waals surface area contributed by atoms with E-state index in [1.54, 1.807) is 11.0 Å². The van der Waals surface area contributed by atoms with Crippen molar-refractivity contribution in [1.29, 1.82) is 0 Å². The first-order valence-electron chi connectivity index (χ1n) is 7.21. The number of likely N-dealkylation sites (N-methyl/N-ethyl adjacent to an activating group) is 1. The second kappa shape index (κ2) is 5.93. The molecule has 0 aliphatic carbocycles. The molecule has 1 heterocycles. The Labute approximate surface area is 135 Å². The average molecular weight is 340 g/mol. The number of carboxylic acid groups (broad SMARTS) is 1. The number of nitrogens with zero attached hydrogens (tertiary/aromatic N) is 2. The van der Waals surface area contributed by atoms with E-state index in [-0.39, 0.29) is 16.8 Å². The molecule has 1 aromatic carbocycles. The van der Waals surface area contributed by atoms with Crippen LogP contribution in [0.1, 0.15) is 26.3 Å². The number of anilines is 1. The van der Waals surface area contributed by atoms with Crippen molar-refractivity contribution < 1.29 is 23.1 Å². The van der Waals surface area contributed by atoms with Crippen LogP contribution in [-0.4, -0.2) is 48.8 Å². The zero-order chi connectivity index (χ0) is 17.5. The Morgan fingerprint density at radius 1 is 1.39 bits per heavy atom. The van der Waals surface area contributed by atoms with E-state index >= 15 is 0 Å². The highest BCUT2D eigenvalue weighted by Crippen LogP contribution is 2.34. The highest BCUT2D eigenvalue weighted by molar-refractivity contribution is 7.89. The van der Waals surface area contributed by atoms with Gasteiger partial charge in [-0.25, -0.2) is 8.42 Å². The molecule has 0 fully saturated rings. The molecule has 2 unspecified atom stereocenters. The van der Waals surface area contributed by atoms with Crippen molar-refractivity contribution in [2.24, 2.45) is 0 Å². The van der Waals surface area contributed by atoms with Gasteiger partial charge in [0.15, 0.2) is 0 Å².